The van der Waals surface area contributed by atoms with Crippen molar-refractivity contribution < 1.29 is 13.6 Å². The predicted molar refractivity (Wildman–Crippen MR) is 65.8 cm³/mol. The predicted octanol–water partition coefficient (Wildman–Crippen LogP) is 2.24. The van der Waals surface area contributed by atoms with Crippen LogP contribution in [-0.4, -0.2) is 34.7 Å². The molecule has 1 aliphatic heterocycles. The molecule has 0 radical (unpaired) electrons. The molecular formula is C12H24O3Si. The van der Waals surface area contributed by atoms with Crippen LogP contribution in [0.25, 0.3) is 0 Å². The zero-order valence-corrected chi connectivity index (χ0v) is 11.6. The highest BCUT2D eigenvalue weighted by Crippen LogP contribution is 2.41. The first kappa shape index (κ1) is 12.6. The number of hydrogen-bond acceptors (Lipinski definition) is 3. The Kier molecular flexibility index (Phi) is 4.82. The normalized spacial score (nSPS) is 32.8. The molecule has 0 bridgehead atoms. The van der Waals surface area contributed by atoms with E-state index in [4.69, 9.17) is 13.6 Å². The largest absolute Gasteiger partial charge is 0.397 e. The first-order valence-corrected chi connectivity index (χ1v) is 8.48. The Bertz CT molecular complexity index is 204. The molecule has 1 aliphatic carbocycles. The summed E-state index contributed by atoms with van der Waals surface area (Å²) in [6, 6.07) is 1.17. The van der Waals surface area contributed by atoms with Gasteiger partial charge in [-0.05, 0) is 51.5 Å². The van der Waals surface area contributed by atoms with Gasteiger partial charge in [-0.25, -0.2) is 0 Å². The zero-order valence-electron chi connectivity index (χ0n) is 10.5. The third-order valence-electron chi connectivity index (χ3n) is 3.63. The lowest BCUT2D eigenvalue weighted by Gasteiger charge is -2.21. The maximum atomic E-state index is 5.70. The Morgan fingerprint density at radius 3 is 2.50 bits per heavy atom. The molecule has 0 N–H and O–H groups in total. The van der Waals surface area contributed by atoms with E-state index < -0.39 is 9.28 Å². The van der Waals surface area contributed by atoms with Crippen molar-refractivity contribution in [3.63, 3.8) is 0 Å². The van der Waals surface area contributed by atoms with E-state index >= 15 is 0 Å². The van der Waals surface area contributed by atoms with E-state index in [2.05, 4.69) is 13.8 Å². The molecule has 1 heterocycles. The molecule has 3 atom stereocenters. The summed E-state index contributed by atoms with van der Waals surface area (Å²) in [5.74, 6) is 0.861. The van der Waals surface area contributed by atoms with Crippen molar-refractivity contribution in [2.75, 3.05) is 13.2 Å². The van der Waals surface area contributed by atoms with Crippen LogP contribution in [0.4, 0.5) is 0 Å². The molecule has 0 spiro atoms. The number of epoxide rings is 1. The highest BCUT2D eigenvalue weighted by Gasteiger charge is 2.43. The van der Waals surface area contributed by atoms with Crippen LogP contribution in [-0.2, 0) is 13.6 Å². The SMILES string of the molecule is CCO[SiH](CCC1CCC2OC2C1)OCC. The molecule has 94 valence electrons. The van der Waals surface area contributed by atoms with Gasteiger partial charge < -0.3 is 13.6 Å². The van der Waals surface area contributed by atoms with Gasteiger partial charge in [-0.3, -0.25) is 0 Å². The molecular weight excluding hydrogens is 220 g/mol. The molecule has 4 heteroatoms. The van der Waals surface area contributed by atoms with E-state index in [0.717, 1.165) is 19.1 Å². The Labute approximate surface area is 100 Å². The average Bonchev–Trinajstić information content (AvgIpc) is 3.04. The smallest absolute Gasteiger partial charge is 0.321 e. The lowest BCUT2D eigenvalue weighted by Crippen LogP contribution is -2.24. The monoisotopic (exact) mass is 244 g/mol. The summed E-state index contributed by atoms with van der Waals surface area (Å²) in [6.07, 6.45) is 6.43. The molecule has 2 fully saturated rings. The van der Waals surface area contributed by atoms with Crippen molar-refractivity contribution in [1.29, 1.82) is 0 Å². The van der Waals surface area contributed by atoms with E-state index in [0.29, 0.717) is 12.2 Å². The summed E-state index contributed by atoms with van der Waals surface area (Å²) in [5.41, 5.74) is 0. The maximum absolute atomic E-state index is 5.70. The summed E-state index contributed by atoms with van der Waals surface area (Å²) in [4.78, 5) is 0. The van der Waals surface area contributed by atoms with Crippen molar-refractivity contribution in [2.24, 2.45) is 5.92 Å². The number of ether oxygens (including phenoxy) is 1. The second kappa shape index (κ2) is 6.14. The first-order valence-electron chi connectivity index (χ1n) is 6.72. The van der Waals surface area contributed by atoms with Crippen molar-refractivity contribution >= 4 is 9.28 Å². The van der Waals surface area contributed by atoms with Crippen molar-refractivity contribution in [3.8, 4) is 0 Å². The average molecular weight is 244 g/mol. The molecule has 1 saturated carbocycles. The highest BCUT2D eigenvalue weighted by molar-refractivity contribution is 6.44. The topological polar surface area (TPSA) is 31.0 Å². The minimum absolute atomic E-state index is 0.609. The summed E-state index contributed by atoms with van der Waals surface area (Å²) >= 11 is 0. The van der Waals surface area contributed by atoms with E-state index in [1.165, 1.54) is 31.7 Å². The Morgan fingerprint density at radius 2 is 1.88 bits per heavy atom. The van der Waals surface area contributed by atoms with Crippen LogP contribution in [0, 0.1) is 5.92 Å². The van der Waals surface area contributed by atoms with Crippen LogP contribution < -0.4 is 0 Å². The minimum atomic E-state index is -1.35. The molecule has 1 saturated heterocycles. The van der Waals surface area contributed by atoms with Crippen LogP contribution in [0.2, 0.25) is 6.04 Å². The van der Waals surface area contributed by atoms with Crippen molar-refractivity contribution in [1.82, 2.24) is 0 Å². The van der Waals surface area contributed by atoms with Gasteiger partial charge in [0, 0.05) is 13.2 Å². The second-order valence-corrected chi connectivity index (χ2v) is 6.91. The van der Waals surface area contributed by atoms with Gasteiger partial charge in [-0.1, -0.05) is 0 Å². The third kappa shape index (κ3) is 3.55. The molecule has 16 heavy (non-hydrogen) atoms. The fraction of sp³-hybridized carbons (Fsp3) is 1.00. The Morgan fingerprint density at radius 1 is 1.12 bits per heavy atom. The lowest BCUT2D eigenvalue weighted by atomic mass is 9.88. The standard InChI is InChI=1S/C12H24O3Si/c1-3-13-16(14-4-2)8-7-10-5-6-11-12(9-10)15-11/h10-12,16H,3-9H2,1-2H3. The summed E-state index contributed by atoms with van der Waals surface area (Å²) in [5, 5.41) is 0. The first-order chi connectivity index (χ1) is 7.83. The third-order valence-corrected chi connectivity index (χ3v) is 5.84. The van der Waals surface area contributed by atoms with Gasteiger partial charge in [0.2, 0.25) is 0 Å². The molecule has 0 aromatic heterocycles. The van der Waals surface area contributed by atoms with Gasteiger partial charge >= 0.3 is 9.28 Å². The van der Waals surface area contributed by atoms with E-state index in [1.807, 2.05) is 0 Å². The van der Waals surface area contributed by atoms with Crippen molar-refractivity contribution in [2.45, 2.75) is 57.8 Å². The highest BCUT2D eigenvalue weighted by atomic mass is 28.3. The van der Waals surface area contributed by atoms with Gasteiger partial charge in [0.25, 0.3) is 0 Å². The molecule has 3 nitrogen and oxygen atoms in total. The van der Waals surface area contributed by atoms with Gasteiger partial charge in [0.05, 0.1) is 12.2 Å². The van der Waals surface area contributed by atoms with Crippen LogP contribution in [0.3, 0.4) is 0 Å². The number of hydrogen-bond donors (Lipinski definition) is 0. The van der Waals surface area contributed by atoms with E-state index in [9.17, 15) is 0 Å². The van der Waals surface area contributed by atoms with Crippen LogP contribution in [0.15, 0.2) is 0 Å². The molecule has 0 aromatic rings. The van der Waals surface area contributed by atoms with Crippen LogP contribution >= 0.6 is 0 Å². The van der Waals surface area contributed by atoms with Crippen LogP contribution in [0.5, 0.6) is 0 Å². The fourth-order valence-corrected chi connectivity index (χ4v) is 4.62. The second-order valence-electron chi connectivity index (χ2n) is 4.81. The molecule has 2 rings (SSSR count). The van der Waals surface area contributed by atoms with Gasteiger partial charge in [-0.2, -0.15) is 0 Å². The number of rotatable bonds is 7. The Balaban J connectivity index is 1.63. The van der Waals surface area contributed by atoms with E-state index in [1.54, 1.807) is 0 Å². The maximum Gasteiger partial charge on any atom is 0.321 e. The lowest BCUT2D eigenvalue weighted by molar-refractivity contribution is 0.209. The van der Waals surface area contributed by atoms with E-state index in [-0.39, 0.29) is 0 Å². The van der Waals surface area contributed by atoms with Crippen molar-refractivity contribution in [3.05, 3.63) is 0 Å². The summed E-state index contributed by atoms with van der Waals surface area (Å²) in [6.45, 7) is 5.72. The number of fused-ring (bicyclic) bond motifs is 1. The summed E-state index contributed by atoms with van der Waals surface area (Å²) < 4.78 is 17.0. The molecule has 2 aliphatic rings. The van der Waals surface area contributed by atoms with Gasteiger partial charge in [0.1, 0.15) is 0 Å². The summed E-state index contributed by atoms with van der Waals surface area (Å²) in [7, 11) is -1.35. The minimum Gasteiger partial charge on any atom is -0.397 e. The zero-order chi connectivity index (χ0) is 11.4. The molecule has 0 aromatic carbocycles. The van der Waals surface area contributed by atoms with Gasteiger partial charge in [0.15, 0.2) is 0 Å². The van der Waals surface area contributed by atoms with Crippen LogP contribution in [0.1, 0.15) is 39.5 Å². The fourth-order valence-electron chi connectivity index (χ4n) is 2.71. The quantitative estimate of drug-likeness (QED) is 0.508. The molecule has 3 unspecified atom stereocenters. The molecule has 0 amide bonds. The Hall–Kier alpha value is 0.0969. The van der Waals surface area contributed by atoms with Gasteiger partial charge in [-0.15, -0.1) is 0 Å².